The van der Waals surface area contributed by atoms with Gasteiger partial charge < -0.3 is 10.0 Å². The second kappa shape index (κ2) is 6.83. The van der Waals surface area contributed by atoms with Crippen LogP contribution in [-0.4, -0.2) is 40.8 Å². The maximum atomic E-state index is 12.3. The van der Waals surface area contributed by atoms with Gasteiger partial charge in [-0.1, -0.05) is 0 Å². The third-order valence-electron chi connectivity index (χ3n) is 4.47. The lowest BCUT2D eigenvalue weighted by atomic mass is 9.82. The molecule has 1 aromatic rings. The largest absolute Gasteiger partial charge is 0.481 e. The number of rotatable bonds is 5. The number of amides is 1. The molecule has 1 aliphatic heterocycles. The molecule has 1 aromatic heterocycles. The van der Waals surface area contributed by atoms with E-state index in [1.165, 1.54) is 0 Å². The van der Waals surface area contributed by atoms with Crippen LogP contribution < -0.4 is 0 Å². The highest BCUT2D eigenvalue weighted by Crippen LogP contribution is 2.30. The Kier molecular flexibility index (Phi) is 5.24. The monoisotopic (exact) mass is 337 g/mol. The van der Waals surface area contributed by atoms with E-state index in [-0.39, 0.29) is 31.1 Å². The highest BCUT2D eigenvalue weighted by Gasteiger charge is 2.39. The number of hydrogen-bond acceptors (Lipinski definition) is 4. The van der Waals surface area contributed by atoms with E-state index in [2.05, 4.69) is 0 Å². The van der Waals surface area contributed by atoms with Crippen molar-refractivity contribution in [3.8, 4) is 0 Å². The van der Waals surface area contributed by atoms with E-state index in [1.54, 1.807) is 23.2 Å². The highest BCUT2D eigenvalue weighted by molar-refractivity contribution is 7.12. The lowest BCUT2D eigenvalue weighted by molar-refractivity contribution is -0.153. The number of carbonyl (C=O) groups excluding carboxylic acids is 2. The molecule has 23 heavy (non-hydrogen) atoms. The van der Waals surface area contributed by atoms with E-state index in [0.717, 1.165) is 9.75 Å². The number of carboxylic acids is 1. The van der Waals surface area contributed by atoms with Crippen molar-refractivity contribution in [2.45, 2.75) is 46.5 Å². The van der Waals surface area contributed by atoms with Gasteiger partial charge in [-0.05, 0) is 39.7 Å². The molecule has 5 nitrogen and oxygen atoms in total. The third-order valence-corrected chi connectivity index (χ3v) is 5.44. The quantitative estimate of drug-likeness (QED) is 0.838. The predicted octanol–water partition coefficient (Wildman–Crippen LogP) is 3.04. The van der Waals surface area contributed by atoms with Gasteiger partial charge >= 0.3 is 5.97 Å². The fraction of sp³-hybridized carbons (Fsp3) is 0.588. The van der Waals surface area contributed by atoms with E-state index in [4.69, 9.17) is 0 Å². The van der Waals surface area contributed by atoms with Crippen molar-refractivity contribution in [3.63, 3.8) is 0 Å². The maximum Gasteiger partial charge on any atom is 0.311 e. The minimum absolute atomic E-state index is 0.0156. The van der Waals surface area contributed by atoms with Crippen LogP contribution in [-0.2, 0) is 9.59 Å². The average Bonchev–Trinajstić information content (AvgIpc) is 2.83. The Hall–Kier alpha value is -1.69. The Labute approximate surface area is 140 Å². The Morgan fingerprint density at radius 3 is 2.57 bits per heavy atom. The number of ketones is 1. The van der Waals surface area contributed by atoms with E-state index < -0.39 is 11.4 Å². The first-order chi connectivity index (χ1) is 10.7. The summed E-state index contributed by atoms with van der Waals surface area (Å²) in [4.78, 5) is 39.6. The number of thiophene rings is 1. The standard InChI is InChI=1S/C17H23NO4S/c1-11-9-13(12(2)23-11)14(19)5-6-15(20)18-8-4-7-17(3,10-18)16(21)22/h9H,4-8,10H2,1-3H3,(H,21,22). The molecule has 1 unspecified atom stereocenters. The molecule has 2 heterocycles. The molecule has 0 bridgehead atoms. The second-order valence-corrected chi connectivity index (χ2v) is 8.00. The Balaban J connectivity index is 1.93. The van der Waals surface area contributed by atoms with Gasteiger partial charge in [-0.3, -0.25) is 14.4 Å². The summed E-state index contributed by atoms with van der Waals surface area (Å²) in [6.07, 6.45) is 1.59. The molecule has 0 saturated carbocycles. The van der Waals surface area contributed by atoms with Crippen LogP contribution in [0.1, 0.15) is 52.7 Å². The normalized spacial score (nSPS) is 21.3. The molecule has 126 valence electrons. The van der Waals surface area contributed by atoms with Crippen molar-refractivity contribution in [2.24, 2.45) is 5.41 Å². The summed E-state index contributed by atoms with van der Waals surface area (Å²) in [6, 6.07) is 1.87. The summed E-state index contributed by atoms with van der Waals surface area (Å²) >= 11 is 1.58. The van der Waals surface area contributed by atoms with Gasteiger partial charge in [0.25, 0.3) is 0 Å². The van der Waals surface area contributed by atoms with Crippen LogP contribution in [0.5, 0.6) is 0 Å². The smallest absolute Gasteiger partial charge is 0.311 e. The van der Waals surface area contributed by atoms with E-state index >= 15 is 0 Å². The molecule has 1 N–H and O–H groups in total. The first-order valence-electron chi connectivity index (χ1n) is 7.84. The summed E-state index contributed by atoms with van der Waals surface area (Å²) in [5, 5.41) is 9.31. The summed E-state index contributed by atoms with van der Waals surface area (Å²) in [5.41, 5.74) is -0.173. The van der Waals surface area contributed by atoms with Gasteiger partial charge in [-0.25, -0.2) is 0 Å². The molecule has 0 spiro atoms. The zero-order valence-corrected chi connectivity index (χ0v) is 14.7. The fourth-order valence-electron chi connectivity index (χ4n) is 3.05. The number of hydrogen-bond donors (Lipinski definition) is 1. The van der Waals surface area contributed by atoms with E-state index in [9.17, 15) is 19.5 Å². The van der Waals surface area contributed by atoms with E-state index in [0.29, 0.717) is 24.9 Å². The van der Waals surface area contributed by atoms with Gasteiger partial charge in [0, 0.05) is 41.2 Å². The molecule has 2 rings (SSSR count). The van der Waals surface area contributed by atoms with Crippen LogP contribution in [0.2, 0.25) is 0 Å². The van der Waals surface area contributed by atoms with Crippen molar-refractivity contribution in [1.29, 1.82) is 0 Å². The fourth-order valence-corrected chi connectivity index (χ4v) is 3.99. The molecule has 0 radical (unpaired) electrons. The number of nitrogens with zero attached hydrogens (tertiary/aromatic N) is 1. The van der Waals surface area contributed by atoms with Gasteiger partial charge in [0.15, 0.2) is 5.78 Å². The Morgan fingerprint density at radius 1 is 1.30 bits per heavy atom. The number of piperidine rings is 1. The maximum absolute atomic E-state index is 12.3. The molecule has 0 aliphatic carbocycles. The molecule has 1 saturated heterocycles. The molecule has 1 aliphatic rings. The molecule has 1 atom stereocenters. The minimum Gasteiger partial charge on any atom is -0.481 e. The molecule has 1 amide bonds. The van der Waals surface area contributed by atoms with Gasteiger partial charge in [0.05, 0.1) is 5.41 Å². The molecular weight excluding hydrogens is 314 g/mol. The number of Topliss-reactive ketones (excluding diaryl/α,β-unsaturated/α-hetero) is 1. The predicted molar refractivity (Wildman–Crippen MR) is 88.9 cm³/mol. The highest BCUT2D eigenvalue weighted by atomic mass is 32.1. The molecular formula is C17H23NO4S. The first-order valence-corrected chi connectivity index (χ1v) is 8.66. The SMILES string of the molecule is Cc1cc(C(=O)CCC(=O)N2CCCC(C)(C(=O)O)C2)c(C)s1. The van der Waals surface area contributed by atoms with Crippen molar-refractivity contribution in [2.75, 3.05) is 13.1 Å². The van der Waals surface area contributed by atoms with Crippen LogP contribution in [0.3, 0.4) is 0 Å². The van der Waals surface area contributed by atoms with Crippen LogP contribution in [0.25, 0.3) is 0 Å². The number of aryl methyl sites for hydroxylation is 2. The zero-order chi connectivity index (χ0) is 17.2. The van der Waals surface area contributed by atoms with Gasteiger partial charge in [0.1, 0.15) is 0 Å². The number of aliphatic carboxylic acids is 1. The second-order valence-electron chi connectivity index (χ2n) is 6.53. The number of likely N-dealkylation sites (tertiary alicyclic amines) is 1. The number of carbonyl (C=O) groups is 3. The topological polar surface area (TPSA) is 74.7 Å². The van der Waals surface area contributed by atoms with Crippen molar-refractivity contribution >= 4 is 29.0 Å². The minimum atomic E-state index is -0.876. The zero-order valence-electron chi connectivity index (χ0n) is 13.8. The molecule has 6 heteroatoms. The van der Waals surface area contributed by atoms with Crippen LogP contribution in [0, 0.1) is 19.3 Å². The Morgan fingerprint density at radius 2 is 2.00 bits per heavy atom. The van der Waals surface area contributed by atoms with Gasteiger partial charge in [0.2, 0.25) is 5.91 Å². The molecule has 1 fully saturated rings. The van der Waals surface area contributed by atoms with Gasteiger partial charge in [-0.2, -0.15) is 0 Å². The van der Waals surface area contributed by atoms with Gasteiger partial charge in [-0.15, -0.1) is 11.3 Å². The van der Waals surface area contributed by atoms with Crippen LogP contribution in [0.4, 0.5) is 0 Å². The van der Waals surface area contributed by atoms with Crippen LogP contribution >= 0.6 is 11.3 Å². The van der Waals surface area contributed by atoms with Crippen molar-refractivity contribution in [3.05, 3.63) is 21.4 Å². The van der Waals surface area contributed by atoms with E-state index in [1.807, 2.05) is 19.9 Å². The summed E-state index contributed by atoms with van der Waals surface area (Å²) in [5.74, 6) is -1.01. The molecule has 0 aromatic carbocycles. The van der Waals surface area contributed by atoms with Crippen LogP contribution in [0.15, 0.2) is 6.07 Å². The Bertz CT molecular complexity index is 637. The average molecular weight is 337 g/mol. The third kappa shape index (κ3) is 3.99. The van der Waals surface area contributed by atoms with Crippen molar-refractivity contribution in [1.82, 2.24) is 4.90 Å². The lowest BCUT2D eigenvalue weighted by Gasteiger charge is -2.37. The first kappa shape index (κ1) is 17.7. The lowest BCUT2D eigenvalue weighted by Crippen LogP contribution is -2.48. The summed E-state index contributed by atoms with van der Waals surface area (Å²) < 4.78 is 0. The van der Waals surface area contributed by atoms with Crippen molar-refractivity contribution < 1.29 is 19.5 Å². The summed E-state index contributed by atoms with van der Waals surface area (Å²) in [7, 11) is 0. The number of carboxylic acid groups (broad SMARTS) is 1. The summed E-state index contributed by atoms with van der Waals surface area (Å²) in [6.45, 7) is 6.35.